The van der Waals surface area contributed by atoms with Gasteiger partial charge in [-0.15, -0.1) is 0 Å². The van der Waals surface area contributed by atoms with Gasteiger partial charge in [0.25, 0.3) is 0 Å². The van der Waals surface area contributed by atoms with Crippen molar-refractivity contribution >= 4 is 17.9 Å². The van der Waals surface area contributed by atoms with Crippen LogP contribution in [0.15, 0.2) is 0 Å². The Balaban J connectivity index is 2.09. The summed E-state index contributed by atoms with van der Waals surface area (Å²) in [6.45, 7) is 2.54. The summed E-state index contributed by atoms with van der Waals surface area (Å²) in [5.41, 5.74) is 0. The molecule has 108 valence electrons. The van der Waals surface area contributed by atoms with E-state index >= 15 is 0 Å². The van der Waals surface area contributed by atoms with Gasteiger partial charge in [0, 0.05) is 25.9 Å². The first kappa shape index (κ1) is 15.4. The summed E-state index contributed by atoms with van der Waals surface area (Å²) >= 11 is 0. The minimum atomic E-state index is -0.942. The van der Waals surface area contributed by atoms with Crippen LogP contribution in [0.4, 0.5) is 4.79 Å². The van der Waals surface area contributed by atoms with Gasteiger partial charge in [-0.2, -0.15) is 0 Å². The lowest BCUT2D eigenvalue weighted by atomic mass is 10.1. The maximum absolute atomic E-state index is 11.4. The summed E-state index contributed by atoms with van der Waals surface area (Å²) in [7, 11) is 2.03. The summed E-state index contributed by atoms with van der Waals surface area (Å²) in [5, 5.41) is 13.3. The Morgan fingerprint density at radius 3 is 2.63 bits per heavy atom. The molecule has 1 fully saturated rings. The molecule has 1 aliphatic heterocycles. The van der Waals surface area contributed by atoms with Crippen LogP contribution in [0.5, 0.6) is 0 Å². The number of urea groups is 1. The van der Waals surface area contributed by atoms with E-state index in [1.54, 1.807) is 0 Å². The standard InChI is InChI=1S/C12H21N3O4/c1-15-6-5-9(8-15)7-13-12(19)14-10(16)3-2-4-11(17)18/h9H,2-8H2,1H3,(H,17,18)(H2,13,14,16,19). The highest BCUT2D eigenvalue weighted by Gasteiger charge is 2.20. The molecule has 0 bridgehead atoms. The van der Waals surface area contributed by atoms with E-state index in [0.717, 1.165) is 19.5 Å². The lowest BCUT2D eigenvalue weighted by Crippen LogP contribution is -2.41. The Kier molecular flexibility index (Phi) is 6.27. The van der Waals surface area contributed by atoms with Gasteiger partial charge in [-0.25, -0.2) is 4.79 Å². The van der Waals surface area contributed by atoms with Crippen molar-refractivity contribution in [3.63, 3.8) is 0 Å². The number of imide groups is 1. The first-order valence-electron chi connectivity index (χ1n) is 6.45. The minimum absolute atomic E-state index is 0.0475. The zero-order chi connectivity index (χ0) is 14.3. The monoisotopic (exact) mass is 271 g/mol. The predicted molar refractivity (Wildman–Crippen MR) is 68.6 cm³/mol. The lowest BCUT2D eigenvalue weighted by molar-refractivity contribution is -0.137. The third kappa shape index (κ3) is 6.76. The highest BCUT2D eigenvalue weighted by molar-refractivity contribution is 5.94. The molecule has 3 amide bonds. The summed E-state index contributed by atoms with van der Waals surface area (Å²) < 4.78 is 0. The van der Waals surface area contributed by atoms with E-state index in [9.17, 15) is 14.4 Å². The zero-order valence-corrected chi connectivity index (χ0v) is 11.1. The van der Waals surface area contributed by atoms with Crippen LogP contribution >= 0.6 is 0 Å². The molecule has 1 heterocycles. The molecule has 0 aromatic heterocycles. The van der Waals surface area contributed by atoms with Gasteiger partial charge in [-0.1, -0.05) is 0 Å². The van der Waals surface area contributed by atoms with Crippen molar-refractivity contribution in [1.82, 2.24) is 15.5 Å². The van der Waals surface area contributed by atoms with Crippen molar-refractivity contribution in [2.45, 2.75) is 25.7 Å². The quantitative estimate of drug-likeness (QED) is 0.632. The molecule has 0 radical (unpaired) electrons. The molecular formula is C12H21N3O4. The van der Waals surface area contributed by atoms with Gasteiger partial charge < -0.3 is 15.3 Å². The van der Waals surface area contributed by atoms with Crippen molar-refractivity contribution < 1.29 is 19.5 Å². The highest BCUT2D eigenvalue weighted by Crippen LogP contribution is 2.12. The molecule has 7 nitrogen and oxygen atoms in total. The van der Waals surface area contributed by atoms with Gasteiger partial charge in [0.2, 0.25) is 5.91 Å². The number of rotatable bonds is 6. The fourth-order valence-electron chi connectivity index (χ4n) is 2.06. The third-order valence-electron chi connectivity index (χ3n) is 3.09. The van der Waals surface area contributed by atoms with Gasteiger partial charge in [-0.05, 0) is 32.4 Å². The molecule has 1 saturated heterocycles. The first-order chi connectivity index (χ1) is 8.97. The number of carbonyl (C=O) groups is 3. The number of aliphatic carboxylic acids is 1. The summed E-state index contributed by atoms with van der Waals surface area (Å²) in [5.74, 6) is -0.956. The number of hydrogen-bond donors (Lipinski definition) is 3. The molecule has 0 aromatic rings. The van der Waals surface area contributed by atoms with Crippen molar-refractivity contribution in [3.8, 4) is 0 Å². The molecule has 0 aromatic carbocycles. The van der Waals surface area contributed by atoms with E-state index in [1.807, 2.05) is 7.05 Å². The number of amides is 3. The fourth-order valence-corrected chi connectivity index (χ4v) is 2.06. The van der Waals surface area contributed by atoms with E-state index in [0.29, 0.717) is 12.5 Å². The van der Waals surface area contributed by atoms with Crippen LogP contribution in [0.25, 0.3) is 0 Å². The number of hydrogen-bond acceptors (Lipinski definition) is 4. The second kappa shape index (κ2) is 7.73. The highest BCUT2D eigenvalue weighted by atomic mass is 16.4. The van der Waals surface area contributed by atoms with Gasteiger partial charge in [0.05, 0.1) is 0 Å². The van der Waals surface area contributed by atoms with Gasteiger partial charge in [-0.3, -0.25) is 14.9 Å². The van der Waals surface area contributed by atoms with E-state index in [-0.39, 0.29) is 19.3 Å². The lowest BCUT2D eigenvalue weighted by Gasteiger charge is -2.11. The molecule has 1 aliphatic rings. The van der Waals surface area contributed by atoms with Crippen LogP contribution in [-0.2, 0) is 9.59 Å². The molecule has 1 atom stereocenters. The second-order valence-corrected chi connectivity index (χ2v) is 4.92. The Bertz CT molecular complexity index is 346. The molecule has 0 aliphatic carbocycles. The van der Waals surface area contributed by atoms with Crippen LogP contribution in [0.1, 0.15) is 25.7 Å². The average Bonchev–Trinajstić information content (AvgIpc) is 2.72. The van der Waals surface area contributed by atoms with Crippen molar-refractivity contribution in [2.75, 3.05) is 26.7 Å². The number of carbonyl (C=O) groups excluding carboxylic acids is 2. The van der Waals surface area contributed by atoms with Gasteiger partial charge in [0.15, 0.2) is 0 Å². The van der Waals surface area contributed by atoms with Crippen LogP contribution in [0, 0.1) is 5.92 Å². The van der Waals surface area contributed by atoms with Crippen LogP contribution < -0.4 is 10.6 Å². The van der Waals surface area contributed by atoms with E-state index in [4.69, 9.17) is 5.11 Å². The molecule has 0 saturated carbocycles. The Morgan fingerprint density at radius 2 is 2.05 bits per heavy atom. The van der Waals surface area contributed by atoms with Crippen molar-refractivity contribution in [3.05, 3.63) is 0 Å². The second-order valence-electron chi connectivity index (χ2n) is 4.92. The summed E-state index contributed by atoms with van der Waals surface area (Å²) in [6.07, 6.45) is 1.26. The number of carboxylic acids is 1. The van der Waals surface area contributed by atoms with E-state index < -0.39 is 17.9 Å². The molecule has 7 heteroatoms. The van der Waals surface area contributed by atoms with Crippen LogP contribution in [0.3, 0.4) is 0 Å². The normalized spacial score (nSPS) is 19.1. The third-order valence-corrected chi connectivity index (χ3v) is 3.09. The largest absolute Gasteiger partial charge is 0.481 e. The molecule has 0 spiro atoms. The Hall–Kier alpha value is -1.63. The SMILES string of the molecule is CN1CCC(CNC(=O)NC(=O)CCCC(=O)O)C1. The Morgan fingerprint density at radius 1 is 1.32 bits per heavy atom. The molecular weight excluding hydrogens is 250 g/mol. The number of likely N-dealkylation sites (tertiary alicyclic amines) is 1. The smallest absolute Gasteiger partial charge is 0.321 e. The fraction of sp³-hybridized carbons (Fsp3) is 0.750. The first-order valence-corrected chi connectivity index (χ1v) is 6.45. The summed E-state index contributed by atoms with van der Waals surface area (Å²) in [6, 6.07) is -0.505. The van der Waals surface area contributed by atoms with Gasteiger partial charge in [0.1, 0.15) is 0 Å². The number of carboxylic acid groups (broad SMARTS) is 1. The molecule has 1 rings (SSSR count). The minimum Gasteiger partial charge on any atom is -0.481 e. The topological polar surface area (TPSA) is 98.7 Å². The number of nitrogens with zero attached hydrogens (tertiary/aromatic N) is 1. The molecule has 19 heavy (non-hydrogen) atoms. The predicted octanol–water partition coefficient (Wildman–Crippen LogP) is 0.0188. The maximum atomic E-state index is 11.4. The van der Waals surface area contributed by atoms with Crippen molar-refractivity contribution in [1.29, 1.82) is 0 Å². The summed E-state index contributed by atoms with van der Waals surface area (Å²) in [4.78, 5) is 35.2. The average molecular weight is 271 g/mol. The zero-order valence-electron chi connectivity index (χ0n) is 11.1. The van der Waals surface area contributed by atoms with Gasteiger partial charge >= 0.3 is 12.0 Å². The van der Waals surface area contributed by atoms with Crippen molar-refractivity contribution in [2.24, 2.45) is 5.92 Å². The maximum Gasteiger partial charge on any atom is 0.321 e. The Labute approximate surface area is 112 Å². The van der Waals surface area contributed by atoms with Crippen LogP contribution in [-0.4, -0.2) is 54.6 Å². The van der Waals surface area contributed by atoms with E-state index in [2.05, 4.69) is 15.5 Å². The molecule has 1 unspecified atom stereocenters. The van der Waals surface area contributed by atoms with Crippen LogP contribution in [0.2, 0.25) is 0 Å². The van der Waals surface area contributed by atoms with E-state index in [1.165, 1.54) is 0 Å². The number of nitrogens with one attached hydrogen (secondary N) is 2. The molecule has 3 N–H and O–H groups in total.